The number of pyridine rings is 1. The Morgan fingerprint density at radius 1 is 1.22 bits per heavy atom. The summed E-state index contributed by atoms with van der Waals surface area (Å²) in [5.41, 5.74) is 8.51. The van der Waals surface area contributed by atoms with Crippen molar-refractivity contribution in [3.05, 3.63) is 41.7 Å². The van der Waals surface area contributed by atoms with Crippen LogP contribution in [-0.4, -0.2) is 11.0 Å². The van der Waals surface area contributed by atoms with Gasteiger partial charge in [0.25, 0.3) is 0 Å². The lowest BCUT2D eigenvalue weighted by Crippen LogP contribution is -2.18. The van der Waals surface area contributed by atoms with Gasteiger partial charge >= 0.3 is 0 Å². The minimum absolute atomic E-state index is 0.140. The van der Waals surface area contributed by atoms with E-state index in [4.69, 9.17) is 5.73 Å². The molecule has 0 aliphatic rings. The van der Waals surface area contributed by atoms with Crippen LogP contribution in [0.15, 0.2) is 30.5 Å². The number of benzene rings is 1. The highest BCUT2D eigenvalue weighted by Crippen LogP contribution is 2.27. The highest BCUT2D eigenvalue weighted by Gasteiger charge is 2.15. The van der Waals surface area contributed by atoms with Gasteiger partial charge in [0, 0.05) is 29.7 Å². The molecule has 0 fully saturated rings. The quantitative estimate of drug-likeness (QED) is 0.876. The molecular weight excluding hydrogens is 220 g/mol. The summed E-state index contributed by atoms with van der Waals surface area (Å²) < 4.78 is 0. The van der Waals surface area contributed by atoms with E-state index in [0.717, 1.165) is 12.1 Å². The molecule has 0 aliphatic heterocycles. The van der Waals surface area contributed by atoms with E-state index in [1.165, 1.54) is 16.3 Å². The second kappa shape index (κ2) is 4.69. The molecule has 0 saturated heterocycles. The largest absolute Gasteiger partial charge is 0.328 e. The molecular formula is C16H22N2. The van der Waals surface area contributed by atoms with E-state index in [0.29, 0.717) is 0 Å². The Hall–Kier alpha value is -1.41. The van der Waals surface area contributed by atoms with Gasteiger partial charge in [-0.25, -0.2) is 0 Å². The van der Waals surface area contributed by atoms with Gasteiger partial charge in [-0.15, -0.1) is 0 Å². The highest BCUT2D eigenvalue weighted by molar-refractivity contribution is 5.85. The molecule has 1 atom stereocenters. The lowest BCUT2D eigenvalue weighted by atomic mass is 9.85. The van der Waals surface area contributed by atoms with Crippen LogP contribution in [0.3, 0.4) is 0 Å². The second-order valence-corrected chi connectivity index (χ2v) is 6.12. The van der Waals surface area contributed by atoms with Gasteiger partial charge in [-0.1, -0.05) is 32.9 Å². The number of nitrogens with zero attached hydrogens (tertiary/aromatic N) is 1. The van der Waals surface area contributed by atoms with E-state index in [1.807, 2.05) is 13.1 Å². The van der Waals surface area contributed by atoms with Gasteiger partial charge in [0.05, 0.1) is 0 Å². The van der Waals surface area contributed by atoms with E-state index in [9.17, 15) is 0 Å². The summed E-state index contributed by atoms with van der Waals surface area (Å²) in [4.78, 5) is 4.49. The maximum atomic E-state index is 5.90. The van der Waals surface area contributed by atoms with Crippen LogP contribution in [0.25, 0.3) is 10.8 Å². The third kappa shape index (κ3) is 2.70. The Kier molecular flexibility index (Phi) is 3.40. The van der Waals surface area contributed by atoms with E-state index in [1.54, 1.807) is 0 Å². The molecule has 0 radical (unpaired) electrons. The Morgan fingerprint density at radius 2 is 1.94 bits per heavy atom. The monoisotopic (exact) mass is 242 g/mol. The van der Waals surface area contributed by atoms with Crippen molar-refractivity contribution in [2.45, 2.75) is 45.6 Å². The van der Waals surface area contributed by atoms with Crippen LogP contribution in [0.2, 0.25) is 0 Å². The molecule has 0 saturated carbocycles. The van der Waals surface area contributed by atoms with Crippen LogP contribution < -0.4 is 5.73 Å². The number of hydrogen-bond donors (Lipinski definition) is 1. The Morgan fingerprint density at radius 3 is 2.56 bits per heavy atom. The predicted molar refractivity (Wildman–Crippen MR) is 77.8 cm³/mol. The smallest absolute Gasteiger partial charge is 0.0497 e. The van der Waals surface area contributed by atoms with Gasteiger partial charge in [-0.05, 0) is 35.4 Å². The molecule has 2 aromatic rings. The fourth-order valence-corrected chi connectivity index (χ4v) is 2.16. The normalized spacial score (nSPS) is 13.8. The average molecular weight is 242 g/mol. The number of rotatable bonds is 2. The molecule has 0 spiro atoms. The molecule has 1 heterocycles. The zero-order chi connectivity index (χ0) is 13.3. The topological polar surface area (TPSA) is 38.9 Å². The molecule has 0 bridgehead atoms. The summed E-state index contributed by atoms with van der Waals surface area (Å²) in [5, 5.41) is 2.48. The summed E-state index contributed by atoms with van der Waals surface area (Å²) >= 11 is 0. The Balaban J connectivity index is 2.58. The summed E-state index contributed by atoms with van der Waals surface area (Å²) in [6, 6.07) is 8.86. The van der Waals surface area contributed by atoms with Gasteiger partial charge in [0.1, 0.15) is 0 Å². The van der Waals surface area contributed by atoms with Crippen molar-refractivity contribution >= 4 is 10.8 Å². The van der Waals surface area contributed by atoms with E-state index in [-0.39, 0.29) is 11.5 Å². The summed E-state index contributed by atoms with van der Waals surface area (Å²) in [5.74, 6) is 0. The molecule has 1 aromatic carbocycles. The maximum absolute atomic E-state index is 5.90. The SMILES string of the molecule is CC(N)Cc1nccc2ccc(C(C)(C)C)cc12. The van der Waals surface area contributed by atoms with Gasteiger partial charge < -0.3 is 5.73 Å². The van der Waals surface area contributed by atoms with Crippen LogP contribution in [0.4, 0.5) is 0 Å². The first-order valence-electron chi connectivity index (χ1n) is 6.51. The second-order valence-electron chi connectivity index (χ2n) is 6.12. The van der Waals surface area contributed by atoms with Crippen LogP contribution in [0.1, 0.15) is 39.0 Å². The fraction of sp³-hybridized carbons (Fsp3) is 0.438. The average Bonchev–Trinajstić information content (AvgIpc) is 2.27. The Labute approximate surface area is 109 Å². The van der Waals surface area contributed by atoms with Crippen molar-refractivity contribution < 1.29 is 0 Å². The lowest BCUT2D eigenvalue weighted by Gasteiger charge is -2.20. The lowest BCUT2D eigenvalue weighted by molar-refractivity contribution is 0.591. The van der Waals surface area contributed by atoms with Crippen molar-refractivity contribution in [3.63, 3.8) is 0 Å². The fourth-order valence-electron chi connectivity index (χ4n) is 2.16. The van der Waals surface area contributed by atoms with Gasteiger partial charge in [-0.2, -0.15) is 0 Å². The van der Waals surface area contributed by atoms with Gasteiger partial charge in [-0.3, -0.25) is 4.98 Å². The molecule has 18 heavy (non-hydrogen) atoms. The molecule has 0 amide bonds. The molecule has 1 unspecified atom stereocenters. The molecule has 2 heteroatoms. The van der Waals surface area contributed by atoms with Crippen molar-refractivity contribution in [2.75, 3.05) is 0 Å². The van der Waals surface area contributed by atoms with Crippen molar-refractivity contribution in [2.24, 2.45) is 5.73 Å². The number of fused-ring (bicyclic) bond motifs is 1. The molecule has 2 N–H and O–H groups in total. The van der Waals surface area contributed by atoms with Crippen molar-refractivity contribution in [1.29, 1.82) is 0 Å². The van der Waals surface area contributed by atoms with E-state index in [2.05, 4.69) is 50.0 Å². The van der Waals surface area contributed by atoms with Gasteiger partial charge in [0.15, 0.2) is 0 Å². The molecule has 0 aliphatic carbocycles. The molecule has 2 nitrogen and oxygen atoms in total. The number of hydrogen-bond acceptors (Lipinski definition) is 2. The summed E-state index contributed by atoms with van der Waals surface area (Å²) in [7, 11) is 0. The Bertz CT molecular complexity index is 551. The minimum Gasteiger partial charge on any atom is -0.328 e. The molecule has 96 valence electrons. The number of aromatic nitrogens is 1. The first-order chi connectivity index (χ1) is 8.38. The zero-order valence-corrected chi connectivity index (χ0v) is 11.7. The number of nitrogens with two attached hydrogens (primary N) is 1. The van der Waals surface area contributed by atoms with Crippen molar-refractivity contribution in [3.8, 4) is 0 Å². The third-order valence-corrected chi connectivity index (χ3v) is 3.23. The van der Waals surface area contributed by atoms with Gasteiger partial charge in [0.2, 0.25) is 0 Å². The first kappa shape index (κ1) is 13.0. The molecule has 1 aromatic heterocycles. The summed E-state index contributed by atoms with van der Waals surface area (Å²) in [6.45, 7) is 8.72. The zero-order valence-electron chi connectivity index (χ0n) is 11.7. The molecule has 2 rings (SSSR count). The summed E-state index contributed by atoms with van der Waals surface area (Å²) in [6.07, 6.45) is 2.70. The third-order valence-electron chi connectivity index (χ3n) is 3.23. The maximum Gasteiger partial charge on any atom is 0.0497 e. The van der Waals surface area contributed by atoms with E-state index < -0.39 is 0 Å². The van der Waals surface area contributed by atoms with E-state index >= 15 is 0 Å². The highest BCUT2D eigenvalue weighted by atomic mass is 14.7. The van der Waals surface area contributed by atoms with Crippen LogP contribution in [-0.2, 0) is 11.8 Å². The standard InChI is InChI=1S/C16H22N2/c1-11(17)9-15-14-10-13(16(2,3)4)6-5-12(14)7-8-18-15/h5-8,10-11H,9,17H2,1-4H3. The van der Waals surface area contributed by atoms with Crippen LogP contribution in [0.5, 0.6) is 0 Å². The minimum atomic E-state index is 0.140. The first-order valence-corrected chi connectivity index (χ1v) is 6.51. The van der Waals surface area contributed by atoms with Crippen molar-refractivity contribution in [1.82, 2.24) is 4.98 Å². The van der Waals surface area contributed by atoms with Crippen LogP contribution >= 0.6 is 0 Å². The predicted octanol–water partition coefficient (Wildman–Crippen LogP) is 3.42. The van der Waals surface area contributed by atoms with Crippen LogP contribution in [0, 0.1) is 0 Å².